The first-order chi connectivity index (χ1) is 19.5. The average molecular weight is 593 g/mol. The van der Waals surface area contributed by atoms with Gasteiger partial charge in [-0.1, -0.05) is 46.3 Å². The van der Waals surface area contributed by atoms with E-state index >= 15 is 0 Å². The van der Waals surface area contributed by atoms with Crippen LogP contribution in [0.3, 0.4) is 0 Å². The molecule has 1 heterocycles. The van der Waals surface area contributed by atoms with E-state index in [0.717, 1.165) is 57.8 Å². The maximum Gasteiger partial charge on any atom is 0.111 e. The number of allylic oxidation sites excluding steroid dienone is 2. The molecule has 1 aliphatic heterocycles. The molecule has 10 unspecified atom stereocenters. The summed E-state index contributed by atoms with van der Waals surface area (Å²) in [5, 5.41) is 65.6. The fourth-order valence-electron chi connectivity index (χ4n) is 12.0. The molecule has 5 fully saturated rings. The molecule has 7 nitrogen and oxygen atoms in total. The first kappa shape index (κ1) is 32.8. The van der Waals surface area contributed by atoms with Gasteiger partial charge in [0.25, 0.3) is 0 Å². The van der Waals surface area contributed by atoms with Gasteiger partial charge in [-0.05, 0) is 123 Å². The topological polar surface area (TPSA) is 131 Å². The zero-order valence-corrected chi connectivity index (χ0v) is 27.2. The molecule has 7 heteroatoms. The Balaban J connectivity index is 1.50. The van der Waals surface area contributed by atoms with Crippen molar-refractivity contribution in [1.29, 1.82) is 0 Å². The molecule has 4 aliphatic carbocycles. The van der Waals surface area contributed by atoms with Crippen LogP contribution in [-0.2, 0) is 4.74 Å². The Morgan fingerprint density at radius 1 is 0.833 bits per heavy atom. The number of hydrogen-bond donors (Lipinski definition) is 6. The van der Waals surface area contributed by atoms with Gasteiger partial charge in [-0.25, -0.2) is 0 Å². The fraction of sp³-hybridized carbons (Fsp3) is 0.943. The highest BCUT2D eigenvalue weighted by atomic mass is 16.5. The lowest BCUT2D eigenvalue weighted by atomic mass is 9.35. The van der Waals surface area contributed by atoms with E-state index in [1.54, 1.807) is 0 Å². The van der Waals surface area contributed by atoms with E-state index in [1.807, 2.05) is 0 Å². The molecule has 5 aliphatic rings. The van der Waals surface area contributed by atoms with E-state index in [0.29, 0.717) is 11.8 Å². The van der Waals surface area contributed by atoms with Gasteiger partial charge in [0.05, 0.1) is 24.9 Å². The largest absolute Gasteiger partial charge is 0.394 e. The predicted molar refractivity (Wildman–Crippen MR) is 162 cm³/mol. The third-order valence-corrected chi connectivity index (χ3v) is 14.4. The van der Waals surface area contributed by atoms with Crippen molar-refractivity contribution >= 4 is 0 Å². The van der Waals surface area contributed by atoms with E-state index in [1.165, 1.54) is 5.57 Å². The third-order valence-electron chi connectivity index (χ3n) is 14.4. The standard InChI is InChI=1S/C35H60O7/c1-19(2)9-8-10-21(31-30(41)29(40)28(39)23(18-36)42-31)20-11-15-35(7)27(20)22(37)17-25-33(5)14-13-26(38)32(3,4)24(33)12-16-34(25,35)6/h9,20-31,36-41H,8,10-18H2,1-7H3/t20?,21?,22-,23?,24?,25?,26+,27?,28?,29?,30?,31?,33+,34-,35-/m1/s1. The van der Waals surface area contributed by atoms with Gasteiger partial charge in [0.2, 0.25) is 0 Å². The SMILES string of the molecule is CC(C)=CCCC(C1CC[C@]2(C)C1[C@H](O)CC1[C@@]3(C)CC[C@H](O)C(C)(C)C3CC[C@]12C)C1OC(CO)C(O)C(O)C1O. The number of ether oxygens (including phenoxy) is 1. The maximum atomic E-state index is 12.2. The summed E-state index contributed by atoms with van der Waals surface area (Å²) in [5.74, 6) is 0.767. The summed E-state index contributed by atoms with van der Waals surface area (Å²) in [6.07, 6.45) is 3.93. The summed E-state index contributed by atoms with van der Waals surface area (Å²) in [6.45, 7) is 15.6. The van der Waals surface area contributed by atoms with Crippen LogP contribution in [0.2, 0.25) is 0 Å². The van der Waals surface area contributed by atoms with Gasteiger partial charge in [0.15, 0.2) is 0 Å². The maximum absolute atomic E-state index is 12.2. The van der Waals surface area contributed by atoms with E-state index in [2.05, 4.69) is 54.5 Å². The fourth-order valence-corrected chi connectivity index (χ4v) is 12.0. The van der Waals surface area contributed by atoms with Crippen LogP contribution in [0, 0.1) is 51.2 Å². The Morgan fingerprint density at radius 2 is 1.50 bits per heavy atom. The lowest BCUT2D eigenvalue weighted by molar-refractivity contribution is -0.258. The van der Waals surface area contributed by atoms with Gasteiger partial charge in [0, 0.05) is 0 Å². The average Bonchev–Trinajstić information content (AvgIpc) is 3.29. The molecule has 5 rings (SSSR count). The first-order valence-electron chi connectivity index (χ1n) is 16.8. The summed E-state index contributed by atoms with van der Waals surface area (Å²) >= 11 is 0. The van der Waals surface area contributed by atoms with Crippen LogP contribution in [0.4, 0.5) is 0 Å². The third kappa shape index (κ3) is 4.78. The molecule has 242 valence electrons. The summed E-state index contributed by atoms with van der Waals surface area (Å²) in [6, 6.07) is 0. The van der Waals surface area contributed by atoms with E-state index in [9.17, 15) is 30.6 Å². The van der Waals surface area contributed by atoms with Crippen LogP contribution < -0.4 is 0 Å². The van der Waals surface area contributed by atoms with Gasteiger partial charge in [-0.15, -0.1) is 0 Å². The number of aliphatic hydroxyl groups is 6. The Bertz CT molecular complexity index is 1010. The van der Waals surface area contributed by atoms with E-state index in [-0.39, 0.29) is 45.5 Å². The minimum Gasteiger partial charge on any atom is -0.394 e. The normalized spacial score (nSPS) is 52.5. The van der Waals surface area contributed by atoms with Crippen molar-refractivity contribution in [3.05, 3.63) is 11.6 Å². The minimum absolute atomic E-state index is 0.0326. The van der Waals surface area contributed by atoms with Crippen LogP contribution in [0.5, 0.6) is 0 Å². The lowest BCUT2D eigenvalue weighted by Gasteiger charge is -2.70. The van der Waals surface area contributed by atoms with Crippen LogP contribution in [0.15, 0.2) is 11.6 Å². The Hall–Kier alpha value is -0.540. The predicted octanol–water partition coefficient (Wildman–Crippen LogP) is 4.21. The second-order valence-corrected chi connectivity index (χ2v) is 16.7. The smallest absolute Gasteiger partial charge is 0.111 e. The molecule has 0 aromatic rings. The number of hydrogen-bond acceptors (Lipinski definition) is 7. The molecule has 0 spiro atoms. The molecule has 0 aromatic heterocycles. The molecular weight excluding hydrogens is 532 g/mol. The minimum atomic E-state index is -1.39. The van der Waals surface area contributed by atoms with Gasteiger partial charge < -0.3 is 35.4 Å². The van der Waals surface area contributed by atoms with Crippen molar-refractivity contribution in [1.82, 2.24) is 0 Å². The van der Waals surface area contributed by atoms with Gasteiger partial charge in [-0.3, -0.25) is 0 Å². The highest BCUT2D eigenvalue weighted by Crippen LogP contribution is 2.75. The van der Waals surface area contributed by atoms with Crippen LogP contribution in [-0.4, -0.2) is 80.0 Å². The molecule has 0 amide bonds. The van der Waals surface area contributed by atoms with Crippen molar-refractivity contribution in [2.45, 2.75) is 149 Å². The van der Waals surface area contributed by atoms with Crippen LogP contribution >= 0.6 is 0 Å². The van der Waals surface area contributed by atoms with Crippen molar-refractivity contribution in [3.63, 3.8) is 0 Å². The van der Waals surface area contributed by atoms with E-state index < -0.39 is 43.2 Å². The summed E-state index contributed by atoms with van der Waals surface area (Å²) < 4.78 is 6.23. The molecule has 15 atom stereocenters. The molecule has 42 heavy (non-hydrogen) atoms. The Labute approximate surface area is 253 Å². The van der Waals surface area contributed by atoms with Crippen molar-refractivity contribution in [3.8, 4) is 0 Å². The summed E-state index contributed by atoms with van der Waals surface area (Å²) in [4.78, 5) is 0. The van der Waals surface area contributed by atoms with Crippen molar-refractivity contribution < 1.29 is 35.4 Å². The molecule has 1 saturated heterocycles. The second-order valence-electron chi connectivity index (χ2n) is 16.7. The monoisotopic (exact) mass is 592 g/mol. The highest BCUT2D eigenvalue weighted by molar-refractivity contribution is 5.19. The van der Waals surface area contributed by atoms with Gasteiger partial charge >= 0.3 is 0 Å². The van der Waals surface area contributed by atoms with Crippen molar-refractivity contribution in [2.24, 2.45) is 51.2 Å². The zero-order chi connectivity index (χ0) is 31.0. The quantitative estimate of drug-likeness (QED) is 0.255. The van der Waals surface area contributed by atoms with Gasteiger partial charge in [0.1, 0.15) is 24.4 Å². The molecule has 0 aromatic carbocycles. The number of rotatable bonds is 6. The molecular formula is C35H60O7. The first-order valence-corrected chi connectivity index (χ1v) is 16.8. The Morgan fingerprint density at radius 3 is 2.14 bits per heavy atom. The molecule has 0 bridgehead atoms. The molecule has 4 saturated carbocycles. The zero-order valence-electron chi connectivity index (χ0n) is 27.2. The number of fused-ring (bicyclic) bond motifs is 5. The lowest BCUT2D eigenvalue weighted by Crippen LogP contribution is -2.66. The second kappa shape index (κ2) is 11.4. The summed E-state index contributed by atoms with van der Waals surface area (Å²) in [5.41, 5.74) is 1.07. The van der Waals surface area contributed by atoms with Gasteiger partial charge in [-0.2, -0.15) is 0 Å². The van der Waals surface area contributed by atoms with Crippen LogP contribution in [0.25, 0.3) is 0 Å². The van der Waals surface area contributed by atoms with Crippen LogP contribution in [0.1, 0.15) is 106 Å². The van der Waals surface area contributed by atoms with E-state index in [4.69, 9.17) is 4.74 Å². The highest BCUT2D eigenvalue weighted by Gasteiger charge is 2.71. The molecule has 0 radical (unpaired) electrons. The number of aliphatic hydroxyl groups excluding tert-OH is 6. The Kier molecular flexibility index (Phi) is 8.89. The summed E-state index contributed by atoms with van der Waals surface area (Å²) in [7, 11) is 0. The van der Waals surface area contributed by atoms with Crippen molar-refractivity contribution in [2.75, 3.05) is 6.61 Å². The molecule has 6 N–H and O–H groups in total.